The zero-order chi connectivity index (χ0) is 16.8. The van der Waals surface area contributed by atoms with E-state index in [0.717, 1.165) is 0 Å². The molecule has 0 radical (unpaired) electrons. The zero-order valence-electron chi connectivity index (χ0n) is 12.1. The summed E-state index contributed by atoms with van der Waals surface area (Å²) in [5, 5.41) is 16.5. The minimum atomic E-state index is -0.469. The second-order valence-electron chi connectivity index (χ2n) is 5.23. The predicted molar refractivity (Wildman–Crippen MR) is 90.0 cm³/mol. The highest BCUT2D eigenvalue weighted by Crippen LogP contribution is 2.28. The fourth-order valence-electron chi connectivity index (χ4n) is 2.62. The molecule has 0 aliphatic carbocycles. The van der Waals surface area contributed by atoms with Gasteiger partial charge in [0.05, 0.1) is 21.7 Å². The first-order valence-corrected chi connectivity index (χ1v) is 7.37. The maximum absolute atomic E-state index is 12.6. The Balaban J connectivity index is 1.99. The van der Waals surface area contributed by atoms with Crippen LogP contribution in [0.1, 0.15) is 0 Å². The SMILES string of the molecule is O=c1c2c[nH]c3cc([N+](=O)[O-])ccc3c-2nn1-c1ccc(Cl)cc1. The Morgan fingerprint density at radius 3 is 2.62 bits per heavy atom. The first-order chi connectivity index (χ1) is 11.5. The summed E-state index contributed by atoms with van der Waals surface area (Å²) in [4.78, 5) is 25.9. The molecule has 24 heavy (non-hydrogen) atoms. The first kappa shape index (κ1) is 14.4. The van der Waals surface area contributed by atoms with E-state index in [1.165, 1.54) is 23.0 Å². The highest BCUT2D eigenvalue weighted by molar-refractivity contribution is 6.30. The summed E-state index contributed by atoms with van der Waals surface area (Å²) in [6.07, 6.45) is 1.52. The van der Waals surface area contributed by atoms with Crippen molar-refractivity contribution in [1.82, 2.24) is 14.8 Å². The molecule has 0 spiro atoms. The Kier molecular flexibility index (Phi) is 3.10. The molecule has 0 amide bonds. The molecule has 2 heterocycles. The van der Waals surface area contributed by atoms with E-state index in [4.69, 9.17) is 11.6 Å². The van der Waals surface area contributed by atoms with E-state index in [2.05, 4.69) is 10.1 Å². The molecule has 4 rings (SSSR count). The maximum Gasteiger partial charge on any atom is 0.282 e. The maximum atomic E-state index is 12.6. The smallest absolute Gasteiger partial charge is 0.282 e. The standard InChI is InChI=1S/C16H9ClN4O3/c17-9-1-3-10(4-2-9)20-16(22)13-8-18-14-7-11(21(23)24)5-6-12(14)15(13)19-20/h1-8,18H. The summed E-state index contributed by atoms with van der Waals surface area (Å²) in [5.74, 6) is 0. The van der Waals surface area contributed by atoms with Gasteiger partial charge in [-0.15, -0.1) is 0 Å². The highest BCUT2D eigenvalue weighted by Gasteiger charge is 2.20. The minimum absolute atomic E-state index is 0.0300. The number of non-ortho nitro benzene ring substituents is 1. The molecular weight excluding hydrogens is 332 g/mol. The summed E-state index contributed by atoms with van der Waals surface area (Å²) in [5.41, 5.74) is 1.72. The molecule has 2 aliphatic rings. The van der Waals surface area contributed by atoms with Gasteiger partial charge < -0.3 is 4.98 Å². The fraction of sp³-hybridized carbons (Fsp3) is 0. The van der Waals surface area contributed by atoms with Crippen LogP contribution in [0.3, 0.4) is 0 Å². The van der Waals surface area contributed by atoms with Gasteiger partial charge in [0.15, 0.2) is 0 Å². The van der Waals surface area contributed by atoms with Crippen LogP contribution >= 0.6 is 11.6 Å². The third-order valence-corrected chi connectivity index (χ3v) is 4.04. The predicted octanol–water partition coefficient (Wildman–Crippen LogP) is 3.38. The zero-order valence-corrected chi connectivity index (χ0v) is 12.8. The molecule has 0 unspecified atom stereocenters. The van der Waals surface area contributed by atoms with Crippen molar-refractivity contribution in [3.05, 3.63) is 74.2 Å². The molecule has 0 atom stereocenters. The van der Waals surface area contributed by atoms with Crippen LogP contribution in [-0.2, 0) is 0 Å². The molecular formula is C16H9ClN4O3. The van der Waals surface area contributed by atoms with Gasteiger partial charge in [0.1, 0.15) is 5.69 Å². The Labute approximate surface area is 139 Å². The lowest BCUT2D eigenvalue weighted by molar-refractivity contribution is -0.384. The number of halogens is 1. The Morgan fingerprint density at radius 1 is 1.17 bits per heavy atom. The van der Waals surface area contributed by atoms with Crippen LogP contribution in [0.15, 0.2) is 53.5 Å². The van der Waals surface area contributed by atoms with Crippen LogP contribution in [0.2, 0.25) is 5.02 Å². The lowest BCUT2D eigenvalue weighted by Gasteiger charge is -2.02. The second kappa shape index (κ2) is 5.17. The number of hydrogen-bond donors (Lipinski definition) is 1. The number of aromatic nitrogens is 3. The minimum Gasteiger partial charge on any atom is -0.360 e. The van der Waals surface area contributed by atoms with Gasteiger partial charge in [-0.1, -0.05) is 11.6 Å². The van der Waals surface area contributed by atoms with Gasteiger partial charge in [-0.2, -0.15) is 9.78 Å². The topological polar surface area (TPSA) is 93.8 Å². The lowest BCUT2D eigenvalue weighted by Crippen LogP contribution is -2.14. The van der Waals surface area contributed by atoms with Crippen LogP contribution in [0.25, 0.3) is 27.8 Å². The van der Waals surface area contributed by atoms with Crippen molar-refractivity contribution in [2.75, 3.05) is 0 Å². The largest absolute Gasteiger partial charge is 0.360 e. The first-order valence-electron chi connectivity index (χ1n) is 6.99. The van der Waals surface area contributed by atoms with Crippen LogP contribution in [0, 0.1) is 10.1 Å². The normalized spacial score (nSPS) is 11.2. The summed E-state index contributed by atoms with van der Waals surface area (Å²) in [7, 11) is 0. The van der Waals surface area contributed by atoms with Gasteiger partial charge >= 0.3 is 0 Å². The molecule has 2 aromatic rings. The van der Waals surface area contributed by atoms with E-state index < -0.39 is 4.92 Å². The average Bonchev–Trinajstić information content (AvgIpc) is 2.92. The van der Waals surface area contributed by atoms with Gasteiger partial charge in [-0.05, 0) is 30.3 Å². The third-order valence-electron chi connectivity index (χ3n) is 3.79. The van der Waals surface area contributed by atoms with Gasteiger partial charge in [0.25, 0.3) is 11.2 Å². The number of pyridine rings is 1. The van der Waals surface area contributed by atoms with Gasteiger partial charge in [0, 0.05) is 28.7 Å². The van der Waals surface area contributed by atoms with Crippen molar-refractivity contribution in [2.24, 2.45) is 0 Å². The van der Waals surface area contributed by atoms with E-state index in [0.29, 0.717) is 32.9 Å². The molecule has 0 saturated heterocycles. The molecule has 8 heteroatoms. The fourth-order valence-corrected chi connectivity index (χ4v) is 2.75. The number of H-pyrrole nitrogens is 1. The summed E-state index contributed by atoms with van der Waals surface area (Å²) in [6.45, 7) is 0. The number of aromatic amines is 1. The van der Waals surface area contributed by atoms with E-state index >= 15 is 0 Å². The molecule has 7 nitrogen and oxygen atoms in total. The Morgan fingerprint density at radius 2 is 1.92 bits per heavy atom. The van der Waals surface area contributed by atoms with Gasteiger partial charge in [-0.3, -0.25) is 14.9 Å². The number of nitrogens with one attached hydrogen (secondary N) is 1. The van der Waals surface area contributed by atoms with E-state index in [1.54, 1.807) is 30.3 Å². The Hall–Kier alpha value is -3.19. The van der Waals surface area contributed by atoms with Crippen LogP contribution in [0.4, 0.5) is 5.69 Å². The number of nitro benzene ring substituents is 1. The molecule has 2 aromatic carbocycles. The van der Waals surface area contributed by atoms with Crippen molar-refractivity contribution < 1.29 is 4.92 Å². The van der Waals surface area contributed by atoms with Crippen LogP contribution < -0.4 is 5.56 Å². The molecule has 2 aliphatic heterocycles. The van der Waals surface area contributed by atoms with E-state index in [1.807, 2.05) is 0 Å². The summed E-state index contributed by atoms with van der Waals surface area (Å²) in [6, 6.07) is 11.2. The molecule has 118 valence electrons. The monoisotopic (exact) mass is 340 g/mol. The number of benzene rings is 2. The summed E-state index contributed by atoms with van der Waals surface area (Å²) >= 11 is 5.87. The number of hydrogen-bond acceptors (Lipinski definition) is 4. The van der Waals surface area contributed by atoms with Crippen molar-refractivity contribution >= 4 is 28.2 Å². The van der Waals surface area contributed by atoms with E-state index in [-0.39, 0.29) is 11.2 Å². The number of nitrogens with zero attached hydrogens (tertiary/aromatic N) is 3. The molecule has 1 N–H and O–H groups in total. The summed E-state index contributed by atoms with van der Waals surface area (Å²) < 4.78 is 1.29. The van der Waals surface area contributed by atoms with Crippen molar-refractivity contribution in [3.63, 3.8) is 0 Å². The van der Waals surface area contributed by atoms with Crippen LogP contribution in [-0.4, -0.2) is 19.7 Å². The number of nitro groups is 1. The molecule has 0 bridgehead atoms. The van der Waals surface area contributed by atoms with Crippen molar-refractivity contribution in [1.29, 1.82) is 0 Å². The number of fused-ring (bicyclic) bond motifs is 3. The van der Waals surface area contributed by atoms with Crippen molar-refractivity contribution in [2.45, 2.75) is 0 Å². The lowest BCUT2D eigenvalue weighted by atomic mass is 10.1. The number of rotatable bonds is 2. The highest BCUT2D eigenvalue weighted by atomic mass is 35.5. The average molecular weight is 341 g/mol. The Bertz CT molecular complexity index is 1110. The quantitative estimate of drug-likeness (QED) is 0.447. The molecule has 0 aromatic heterocycles. The van der Waals surface area contributed by atoms with Crippen molar-refractivity contribution in [3.8, 4) is 16.9 Å². The van der Waals surface area contributed by atoms with Crippen LogP contribution in [0.5, 0.6) is 0 Å². The second-order valence-corrected chi connectivity index (χ2v) is 5.67. The molecule has 0 fully saturated rings. The molecule has 0 saturated carbocycles. The van der Waals surface area contributed by atoms with Gasteiger partial charge in [-0.25, -0.2) is 0 Å². The van der Waals surface area contributed by atoms with Gasteiger partial charge in [0.2, 0.25) is 0 Å². The third kappa shape index (κ3) is 2.14. The van der Waals surface area contributed by atoms with E-state index in [9.17, 15) is 14.9 Å².